The minimum Gasteiger partial charge on any atom is -0.496 e. The molecule has 0 saturated heterocycles. The summed E-state index contributed by atoms with van der Waals surface area (Å²) in [6.07, 6.45) is 0.364. The molecule has 0 aliphatic rings. The molecule has 106 valence electrons. The van der Waals surface area contributed by atoms with Gasteiger partial charge in [0.15, 0.2) is 0 Å². The highest BCUT2D eigenvalue weighted by atomic mass is 16.5. The summed E-state index contributed by atoms with van der Waals surface area (Å²) >= 11 is 0. The standard InChI is InChI=1S/C15H23NO3/c1-9-6-10(2)13(12(7-9)19-5)11(16)8-15(3,4)14(17)18/h6-7,11H,8,16H2,1-5H3,(H,17,18). The van der Waals surface area contributed by atoms with E-state index in [1.807, 2.05) is 26.0 Å². The average Bonchev–Trinajstić information content (AvgIpc) is 2.26. The summed E-state index contributed by atoms with van der Waals surface area (Å²) < 4.78 is 5.38. The van der Waals surface area contributed by atoms with Crippen molar-refractivity contribution in [1.82, 2.24) is 0 Å². The molecule has 0 radical (unpaired) electrons. The van der Waals surface area contributed by atoms with Gasteiger partial charge < -0.3 is 15.6 Å². The topological polar surface area (TPSA) is 72.5 Å². The van der Waals surface area contributed by atoms with Crippen LogP contribution in [0.1, 0.15) is 43.0 Å². The normalized spacial score (nSPS) is 13.2. The molecule has 0 aliphatic heterocycles. The molecule has 4 nitrogen and oxygen atoms in total. The zero-order chi connectivity index (χ0) is 14.8. The third kappa shape index (κ3) is 3.47. The van der Waals surface area contributed by atoms with Gasteiger partial charge in [0.2, 0.25) is 0 Å². The SMILES string of the molecule is COc1cc(C)cc(C)c1C(N)CC(C)(C)C(=O)O. The number of carboxylic acid groups (broad SMARTS) is 1. The Bertz CT molecular complexity index is 481. The Labute approximate surface area is 114 Å². The number of hydrogen-bond donors (Lipinski definition) is 2. The van der Waals surface area contributed by atoms with Crippen LogP contribution in [0.2, 0.25) is 0 Å². The number of nitrogens with two attached hydrogens (primary N) is 1. The summed E-state index contributed by atoms with van der Waals surface area (Å²) in [5, 5.41) is 9.19. The minimum atomic E-state index is -0.859. The van der Waals surface area contributed by atoms with Gasteiger partial charge in [0.05, 0.1) is 12.5 Å². The Balaban J connectivity index is 3.13. The van der Waals surface area contributed by atoms with Crippen LogP contribution in [0.15, 0.2) is 12.1 Å². The molecule has 1 rings (SSSR count). The second-order valence-corrected chi connectivity index (χ2v) is 5.70. The van der Waals surface area contributed by atoms with E-state index >= 15 is 0 Å². The van der Waals surface area contributed by atoms with Crippen LogP contribution in [0.25, 0.3) is 0 Å². The summed E-state index contributed by atoms with van der Waals surface area (Å²) in [5.74, 6) is -0.113. The molecule has 0 fully saturated rings. The van der Waals surface area contributed by atoms with Gasteiger partial charge in [0.25, 0.3) is 0 Å². The fourth-order valence-corrected chi connectivity index (χ4v) is 2.32. The van der Waals surface area contributed by atoms with Gasteiger partial charge in [0, 0.05) is 11.6 Å². The van der Waals surface area contributed by atoms with E-state index in [1.54, 1.807) is 21.0 Å². The molecule has 4 heteroatoms. The third-order valence-corrected chi connectivity index (χ3v) is 3.39. The summed E-state index contributed by atoms with van der Waals surface area (Å²) in [7, 11) is 1.60. The first-order valence-corrected chi connectivity index (χ1v) is 6.33. The van der Waals surface area contributed by atoms with E-state index in [2.05, 4.69) is 0 Å². The summed E-state index contributed by atoms with van der Waals surface area (Å²) in [6, 6.07) is 3.60. The van der Waals surface area contributed by atoms with E-state index < -0.39 is 11.4 Å². The number of ether oxygens (including phenoxy) is 1. The van der Waals surface area contributed by atoms with Crippen molar-refractivity contribution < 1.29 is 14.6 Å². The molecule has 0 amide bonds. The monoisotopic (exact) mass is 265 g/mol. The number of rotatable bonds is 5. The van der Waals surface area contributed by atoms with Gasteiger partial charge in [-0.15, -0.1) is 0 Å². The van der Waals surface area contributed by atoms with Crippen molar-refractivity contribution in [3.05, 3.63) is 28.8 Å². The molecule has 1 aromatic carbocycles. The lowest BCUT2D eigenvalue weighted by Crippen LogP contribution is -2.29. The van der Waals surface area contributed by atoms with Crippen LogP contribution in [0.5, 0.6) is 5.75 Å². The van der Waals surface area contributed by atoms with Gasteiger partial charge in [-0.05, 0) is 51.3 Å². The largest absolute Gasteiger partial charge is 0.496 e. The van der Waals surface area contributed by atoms with Crippen LogP contribution >= 0.6 is 0 Å². The number of aliphatic carboxylic acids is 1. The van der Waals surface area contributed by atoms with Crippen molar-refractivity contribution in [2.45, 2.75) is 40.2 Å². The van der Waals surface area contributed by atoms with E-state index in [0.717, 1.165) is 22.4 Å². The minimum absolute atomic E-state index is 0.360. The summed E-state index contributed by atoms with van der Waals surface area (Å²) in [4.78, 5) is 11.2. The first kappa shape index (κ1) is 15.5. The van der Waals surface area contributed by atoms with Gasteiger partial charge in [-0.3, -0.25) is 4.79 Å². The predicted octanol–water partition coefficient (Wildman–Crippen LogP) is 2.81. The predicted molar refractivity (Wildman–Crippen MR) is 75.4 cm³/mol. The van der Waals surface area contributed by atoms with Crippen LogP contribution in [0.4, 0.5) is 0 Å². The molecular weight excluding hydrogens is 242 g/mol. The van der Waals surface area contributed by atoms with Crippen LogP contribution < -0.4 is 10.5 Å². The van der Waals surface area contributed by atoms with E-state index in [4.69, 9.17) is 10.5 Å². The maximum absolute atomic E-state index is 11.2. The molecule has 1 unspecified atom stereocenters. The van der Waals surface area contributed by atoms with Gasteiger partial charge in [0.1, 0.15) is 5.75 Å². The van der Waals surface area contributed by atoms with Crippen LogP contribution in [-0.2, 0) is 4.79 Å². The second kappa shape index (κ2) is 5.61. The number of methoxy groups -OCH3 is 1. The average molecular weight is 265 g/mol. The number of aryl methyl sites for hydroxylation is 2. The zero-order valence-corrected chi connectivity index (χ0v) is 12.3. The molecule has 3 N–H and O–H groups in total. The first-order chi connectivity index (χ1) is 8.69. The highest BCUT2D eigenvalue weighted by molar-refractivity contribution is 5.73. The lowest BCUT2D eigenvalue weighted by molar-refractivity contribution is -0.147. The molecule has 0 aromatic heterocycles. The molecule has 0 aliphatic carbocycles. The lowest BCUT2D eigenvalue weighted by Gasteiger charge is -2.26. The van der Waals surface area contributed by atoms with Gasteiger partial charge in [-0.1, -0.05) is 6.07 Å². The molecular formula is C15H23NO3. The fraction of sp³-hybridized carbons (Fsp3) is 0.533. The Morgan fingerprint density at radius 2 is 2.00 bits per heavy atom. The Hall–Kier alpha value is -1.55. The van der Waals surface area contributed by atoms with Crippen molar-refractivity contribution in [3.63, 3.8) is 0 Å². The number of carbonyl (C=O) groups is 1. The van der Waals surface area contributed by atoms with Gasteiger partial charge in [-0.2, -0.15) is 0 Å². The Kier molecular flexibility index (Phi) is 4.58. The maximum atomic E-state index is 11.2. The van der Waals surface area contributed by atoms with E-state index in [-0.39, 0.29) is 6.04 Å². The quantitative estimate of drug-likeness (QED) is 0.858. The van der Waals surface area contributed by atoms with Crippen molar-refractivity contribution >= 4 is 5.97 Å². The fourth-order valence-electron chi connectivity index (χ4n) is 2.32. The second-order valence-electron chi connectivity index (χ2n) is 5.70. The van der Waals surface area contributed by atoms with Gasteiger partial charge in [-0.25, -0.2) is 0 Å². The zero-order valence-electron chi connectivity index (χ0n) is 12.3. The summed E-state index contributed by atoms with van der Waals surface area (Å²) in [6.45, 7) is 7.33. The molecule has 1 aromatic rings. The maximum Gasteiger partial charge on any atom is 0.309 e. The van der Waals surface area contributed by atoms with E-state index in [0.29, 0.717) is 6.42 Å². The molecule has 0 spiro atoms. The third-order valence-electron chi connectivity index (χ3n) is 3.39. The first-order valence-electron chi connectivity index (χ1n) is 6.33. The molecule has 1 atom stereocenters. The highest BCUT2D eigenvalue weighted by Gasteiger charge is 2.31. The lowest BCUT2D eigenvalue weighted by atomic mass is 9.82. The van der Waals surface area contributed by atoms with Crippen molar-refractivity contribution in [2.24, 2.45) is 11.1 Å². The Morgan fingerprint density at radius 3 is 2.47 bits per heavy atom. The van der Waals surface area contributed by atoms with Crippen molar-refractivity contribution in [3.8, 4) is 5.75 Å². The molecule has 0 bridgehead atoms. The Morgan fingerprint density at radius 1 is 1.42 bits per heavy atom. The molecule has 0 heterocycles. The number of benzene rings is 1. The number of carboxylic acids is 1. The number of hydrogen-bond acceptors (Lipinski definition) is 3. The van der Waals surface area contributed by atoms with E-state index in [1.165, 1.54) is 0 Å². The van der Waals surface area contributed by atoms with Crippen molar-refractivity contribution in [1.29, 1.82) is 0 Å². The van der Waals surface area contributed by atoms with Gasteiger partial charge >= 0.3 is 5.97 Å². The summed E-state index contributed by atoms with van der Waals surface area (Å²) in [5.41, 5.74) is 8.37. The van der Waals surface area contributed by atoms with Crippen LogP contribution in [-0.4, -0.2) is 18.2 Å². The van der Waals surface area contributed by atoms with Crippen LogP contribution in [0, 0.1) is 19.3 Å². The van der Waals surface area contributed by atoms with Crippen molar-refractivity contribution in [2.75, 3.05) is 7.11 Å². The smallest absolute Gasteiger partial charge is 0.309 e. The highest BCUT2D eigenvalue weighted by Crippen LogP contribution is 2.35. The van der Waals surface area contributed by atoms with Crippen LogP contribution in [0.3, 0.4) is 0 Å². The molecule has 19 heavy (non-hydrogen) atoms. The molecule has 0 saturated carbocycles. The van der Waals surface area contributed by atoms with E-state index in [9.17, 15) is 9.90 Å².